The number of hydrogen-bond acceptors (Lipinski definition) is 1. The van der Waals surface area contributed by atoms with Gasteiger partial charge in [0.1, 0.15) is 0 Å². The highest BCUT2D eigenvalue weighted by molar-refractivity contribution is 5.24. The molecule has 0 saturated heterocycles. The van der Waals surface area contributed by atoms with Gasteiger partial charge in [-0.3, -0.25) is 0 Å². The Kier molecular flexibility index (Phi) is 1.74. The van der Waals surface area contributed by atoms with Gasteiger partial charge >= 0.3 is 0 Å². The maximum Gasteiger partial charge on any atom is 0.0415 e. The minimum Gasteiger partial charge on any atom is -0.301 e. The van der Waals surface area contributed by atoms with Crippen LogP contribution in [-0.4, -0.2) is 13.3 Å². The van der Waals surface area contributed by atoms with Crippen molar-refractivity contribution in [2.24, 2.45) is 16.3 Å². The van der Waals surface area contributed by atoms with Gasteiger partial charge in [0.05, 0.1) is 0 Å². The van der Waals surface area contributed by atoms with Crippen molar-refractivity contribution in [2.45, 2.75) is 38.5 Å². The molecule has 2 saturated carbocycles. The van der Waals surface area contributed by atoms with Gasteiger partial charge in [0.2, 0.25) is 0 Å². The molecule has 1 heteroatoms. The lowest BCUT2D eigenvalue weighted by Gasteiger charge is -2.21. The van der Waals surface area contributed by atoms with Crippen molar-refractivity contribution in [1.82, 2.24) is 0 Å². The molecule has 11 heavy (non-hydrogen) atoms. The molecule has 2 fully saturated rings. The lowest BCUT2D eigenvalue weighted by Crippen LogP contribution is -2.10. The largest absolute Gasteiger partial charge is 0.301 e. The van der Waals surface area contributed by atoms with Crippen molar-refractivity contribution in [2.75, 3.05) is 6.54 Å². The molecule has 62 valence electrons. The van der Waals surface area contributed by atoms with E-state index in [1.54, 1.807) is 0 Å². The van der Waals surface area contributed by atoms with E-state index in [1.807, 2.05) is 0 Å². The highest BCUT2D eigenvalue weighted by Gasteiger charge is 2.52. The lowest BCUT2D eigenvalue weighted by atomic mass is 9.84. The Labute approximate surface area is 68.9 Å². The molecule has 0 aliphatic heterocycles. The minimum absolute atomic E-state index is 0.763. The van der Waals surface area contributed by atoms with Crippen molar-refractivity contribution >= 4 is 6.72 Å². The van der Waals surface area contributed by atoms with Gasteiger partial charge in [-0.05, 0) is 37.3 Å². The van der Waals surface area contributed by atoms with Crippen LogP contribution in [0.15, 0.2) is 4.99 Å². The summed E-state index contributed by atoms with van der Waals surface area (Å²) in [5.41, 5.74) is 0.763. The van der Waals surface area contributed by atoms with Gasteiger partial charge < -0.3 is 4.99 Å². The Hall–Kier alpha value is -0.330. The van der Waals surface area contributed by atoms with Crippen LogP contribution < -0.4 is 0 Å². The predicted octanol–water partition coefficient (Wildman–Crippen LogP) is 2.66. The molecule has 2 aliphatic carbocycles. The smallest absolute Gasteiger partial charge is 0.0415 e. The van der Waals surface area contributed by atoms with Crippen molar-refractivity contribution < 1.29 is 0 Å². The monoisotopic (exact) mass is 151 g/mol. The summed E-state index contributed by atoms with van der Waals surface area (Å²) >= 11 is 0. The fraction of sp³-hybridized carbons (Fsp3) is 0.900. The van der Waals surface area contributed by atoms with Crippen LogP contribution in [0.5, 0.6) is 0 Å². The van der Waals surface area contributed by atoms with Crippen molar-refractivity contribution in [3.05, 3.63) is 0 Å². The van der Waals surface area contributed by atoms with Crippen molar-refractivity contribution in [3.8, 4) is 0 Å². The maximum atomic E-state index is 4.00. The van der Waals surface area contributed by atoms with Crippen LogP contribution in [0, 0.1) is 11.3 Å². The van der Waals surface area contributed by atoms with E-state index in [9.17, 15) is 0 Å². The van der Waals surface area contributed by atoms with E-state index in [2.05, 4.69) is 11.7 Å². The van der Waals surface area contributed by atoms with E-state index >= 15 is 0 Å². The fourth-order valence-electron chi connectivity index (χ4n) is 2.71. The molecule has 0 aromatic heterocycles. The average Bonchev–Trinajstić information content (AvgIpc) is 2.66. The highest BCUT2D eigenvalue weighted by atomic mass is 14.7. The van der Waals surface area contributed by atoms with E-state index in [0.717, 1.165) is 17.9 Å². The quantitative estimate of drug-likeness (QED) is 0.538. The Morgan fingerprint density at radius 3 is 2.64 bits per heavy atom. The first-order chi connectivity index (χ1) is 5.37. The Balaban J connectivity index is 1.88. The highest BCUT2D eigenvalue weighted by Crippen LogP contribution is 2.61. The standard InChI is InChI=1S/C10H17N/c1-11-8-9-7-10(9)5-3-2-4-6-10/h9H,1-8H2. The summed E-state index contributed by atoms with van der Waals surface area (Å²) in [5.74, 6) is 0.917. The van der Waals surface area contributed by atoms with Crippen LogP contribution in [0.25, 0.3) is 0 Å². The number of nitrogens with zero attached hydrogens (tertiary/aromatic N) is 1. The summed E-state index contributed by atoms with van der Waals surface area (Å²) in [5, 5.41) is 0. The van der Waals surface area contributed by atoms with E-state index < -0.39 is 0 Å². The molecule has 0 heterocycles. The average molecular weight is 151 g/mol. The molecule has 0 radical (unpaired) electrons. The second-order valence-corrected chi connectivity index (χ2v) is 4.23. The topological polar surface area (TPSA) is 12.4 Å². The molecular weight excluding hydrogens is 134 g/mol. The zero-order chi connectivity index (χ0) is 7.73. The molecule has 2 rings (SSSR count). The van der Waals surface area contributed by atoms with Crippen LogP contribution in [-0.2, 0) is 0 Å². The van der Waals surface area contributed by atoms with Gasteiger partial charge in [0, 0.05) is 6.54 Å². The molecule has 1 unspecified atom stereocenters. The second-order valence-electron chi connectivity index (χ2n) is 4.23. The van der Waals surface area contributed by atoms with Crippen LogP contribution >= 0.6 is 0 Å². The molecule has 1 atom stereocenters. The predicted molar refractivity (Wildman–Crippen MR) is 48.0 cm³/mol. The summed E-state index contributed by atoms with van der Waals surface area (Å²) in [4.78, 5) is 4.00. The SMILES string of the molecule is C=NCC1CC12CCCCC2. The first-order valence-electron chi connectivity index (χ1n) is 4.80. The Bertz CT molecular complexity index is 156. The lowest BCUT2D eigenvalue weighted by molar-refractivity contribution is 0.309. The molecule has 0 N–H and O–H groups in total. The molecule has 0 bridgehead atoms. The third kappa shape index (κ3) is 1.21. The van der Waals surface area contributed by atoms with E-state index in [1.165, 1.54) is 38.5 Å². The van der Waals surface area contributed by atoms with Gasteiger partial charge in [-0.1, -0.05) is 19.3 Å². The van der Waals surface area contributed by atoms with Gasteiger partial charge in [0.25, 0.3) is 0 Å². The Morgan fingerprint density at radius 1 is 1.27 bits per heavy atom. The van der Waals surface area contributed by atoms with Gasteiger partial charge in [-0.2, -0.15) is 0 Å². The van der Waals surface area contributed by atoms with Crippen molar-refractivity contribution in [3.63, 3.8) is 0 Å². The second kappa shape index (κ2) is 2.62. The molecule has 1 spiro atoms. The zero-order valence-electron chi connectivity index (χ0n) is 7.18. The van der Waals surface area contributed by atoms with Crippen LogP contribution in [0.4, 0.5) is 0 Å². The Morgan fingerprint density at radius 2 is 2.00 bits per heavy atom. The molecular formula is C10H17N. The molecule has 2 aliphatic rings. The summed E-state index contributed by atoms with van der Waals surface area (Å²) in [6, 6.07) is 0. The third-order valence-corrected chi connectivity index (χ3v) is 3.56. The van der Waals surface area contributed by atoms with Crippen molar-refractivity contribution in [1.29, 1.82) is 0 Å². The first-order valence-corrected chi connectivity index (χ1v) is 4.80. The number of hydrogen-bond donors (Lipinski definition) is 0. The minimum atomic E-state index is 0.763. The summed E-state index contributed by atoms with van der Waals surface area (Å²) in [7, 11) is 0. The summed E-state index contributed by atoms with van der Waals surface area (Å²) in [6.07, 6.45) is 8.81. The van der Waals surface area contributed by atoms with Crippen LogP contribution in [0.3, 0.4) is 0 Å². The van der Waals surface area contributed by atoms with E-state index in [-0.39, 0.29) is 0 Å². The van der Waals surface area contributed by atoms with Crippen LogP contribution in [0.2, 0.25) is 0 Å². The normalized spacial score (nSPS) is 33.6. The van der Waals surface area contributed by atoms with Gasteiger partial charge in [-0.25, -0.2) is 0 Å². The molecule has 0 aromatic rings. The fourth-order valence-corrected chi connectivity index (χ4v) is 2.71. The summed E-state index contributed by atoms with van der Waals surface area (Å²) in [6.45, 7) is 4.60. The van der Waals surface area contributed by atoms with Gasteiger partial charge in [0.15, 0.2) is 0 Å². The first kappa shape index (κ1) is 7.33. The molecule has 1 nitrogen and oxygen atoms in total. The number of rotatable bonds is 2. The summed E-state index contributed by atoms with van der Waals surface area (Å²) < 4.78 is 0. The van der Waals surface area contributed by atoms with E-state index in [4.69, 9.17) is 0 Å². The third-order valence-electron chi connectivity index (χ3n) is 3.56. The molecule has 0 amide bonds. The number of aliphatic imine (C=N–C) groups is 1. The zero-order valence-corrected chi connectivity index (χ0v) is 7.18. The van der Waals surface area contributed by atoms with E-state index in [0.29, 0.717) is 0 Å². The maximum absolute atomic E-state index is 4.00. The van der Waals surface area contributed by atoms with Crippen LogP contribution in [0.1, 0.15) is 38.5 Å². The molecule has 0 aromatic carbocycles. The van der Waals surface area contributed by atoms with Gasteiger partial charge in [-0.15, -0.1) is 0 Å².